The molecule has 0 bridgehead atoms. The first-order valence-corrected chi connectivity index (χ1v) is 9.84. The molecule has 0 saturated heterocycles. The predicted molar refractivity (Wildman–Crippen MR) is 122 cm³/mol. The molecule has 0 spiro atoms. The molecule has 6 heteroatoms. The third-order valence-corrected chi connectivity index (χ3v) is 4.86. The lowest BCUT2D eigenvalue weighted by Gasteiger charge is -2.12. The topological polar surface area (TPSA) is 58.2 Å². The van der Waals surface area contributed by atoms with Gasteiger partial charge in [0.25, 0.3) is 11.8 Å². The van der Waals surface area contributed by atoms with Crippen LogP contribution >= 0.6 is 0 Å². The lowest BCUT2D eigenvalue weighted by atomic mass is 10.0. The number of para-hydroxylation sites is 2. The Morgan fingerprint density at radius 2 is 1.12 bits per heavy atom. The monoisotopic (exact) mass is 428 g/mol. The van der Waals surface area contributed by atoms with Gasteiger partial charge in [0.2, 0.25) is 0 Å². The van der Waals surface area contributed by atoms with Gasteiger partial charge >= 0.3 is 0 Å². The van der Waals surface area contributed by atoms with Crippen LogP contribution in [0.15, 0.2) is 96.6 Å². The van der Waals surface area contributed by atoms with Gasteiger partial charge in [0, 0.05) is 0 Å². The van der Waals surface area contributed by atoms with E-state index in [4.69, 9.17) is 0 Å². The highest BCUT2D eigenvalue weighted by atomic mass is 19.1. The first-order valence-electron chi connectivity index (χ1n) is 9.84. The summed E-state index contributed by atoms with van der Waals surface area (Å²) in [4.78, 5) is 26.0. The molecule has 0 saturated carbocycles. The van der Waals surface area contributed by atoms with E-state index in [1.807, 2.05) is 30.3 Å². The van der Waals surface area contributed by atoms with Crippen LogP contribution in [-0.4, -0.2) is 11.8 Å². The van der Waals surface area contributed by atoms with Crippen molar-refractivity contribution in [2.75, 3.05) is 10.6 Å². The van der Waals surface area contributed by atoms with Gasteiger partial charge in [-0.1, -0.05) is 66.7 Å². The van der Waals surface area contributed by atoms with Gasteiger partial charge in [-0.15, -0.1) is 0 Å². The van der Waals surface area contributed by atoms with E-state index < -0.39 is 23.4 Å². The van der Waals surface area contributed by atoms with Crippen LogP contribution in [-0.2, 0) is 9.59 Å². The van der Waals surface area contributed by atoms with E-state index in [2.05, 4.69) is 10.6 Å². The molecule has 0 fully saturated rings. The molecule has 4 rings (SSSR count). The molecule has 4 nitrogen and oxygen atoms in total. The van der Waals surface area contributed by atoms with Crippen LogP contribution in [0.25, 0.3) is 16.8 Å². The molecule has 158 valence electrons. The first kappa shape index (κ1) is 20.9. The zero-order valence-corrected chi connectivity index (χ0v) is 16.8. The lowest BCUT2D eigenvalue weighted by Crippen LogP contribution is -2.26. The molecule has 0 radical (unpaired) electrons. The minimum atomic E-state index is -0.822. The number of benzene rings is 4. The third kappa shape index (κ3) is 4.54. The zero-order valence-electron chi connectivity index (χ0n) is 16.8. The van der Waals surface area contributed by atoms with Gasteiger partial charge in [-0.05, 0) is 46.7 Å². The first-order chi connectivity index (χ1) is 15.5. The molecule has 0 aliphatic carbocycles. The summed E-state index contributed by atoms with van der Waals surface area (Å²) in [6.45, 7) is 0. The number of halogens is 2. The Morgan fingerprint density at radius 3 is 1.72 bits per heavy atom. The molecule has 2 amide bonds. The summed E-state index contributed by atoms with van der Waals surface area (Å²) in [7, 11) is 0. The summed E-state index contributed by atoms with van der Waals surface area (Å²) < 4.78 is 28.1. The number of anilines is 2. The second-order valence-electron chi connectivity index (χ2n) is 6.99. The Morgan fingerprint density at radius 1 is 0.625 bits per heavy atom. The van der Waals surface area contributed by atoms with Gasteiger partial charge in [-0.2, -0.15) is 0 Å². The number of nitrogens with one attached hydrogen (secondary N) is 2. The SMILES string of the molecule is O=C(Nc1ccccc1F)C(=Cc1cccc2ccccc12)C(=O)Nc1ccccc1F. The Labute approximate surface area is 183 Å². The maximum absolute atomic E-state index is 14.1. The van der Waals surface area contributed by atoms with Gasteiger partial charge in [-0.25, -0.2) is 8.78 Å². The van der Waals surface area contributed by atoms with E-state index in [1.165, 1.54) is 42.5 Å². The lowest BCUT2D eigenvalue weighted by molar-refractivity contribution is -0.118. The van der Waals surface area contributed by atoms with Crippen molar-refractivity contribution in [1.82, 2.24) is 0 Å². The van der Waals surface area contributed by atoms with Crippen molar-refractivity contribution in [2.45, 2.75) is 0 Å². The largest absolute Gasteiger partial charge is 0.319 e. The summed E-state index contributed by atoms with van der Waals surface area (Å²) in [6, 6.07) is 24.2. The number of amides is 2. The van der Waals surface area contributed by atoms with Gasteiger partial charge in [-0.3, -0.25) is 9.59 Å². The number of hydrogen-bond acceptors (Lipinski definition) is 2. The number of carbonyl (C=O) groups excluding carboxylic acids is 2. The quantitative estimate of drug-likeness (QED) is 0.241. The highest BCUT2D eigenvalue weighted by Gasteiger charge is 2.21. The fourth-order valence-corrected chi connectivity index (χ4v) is 3.27. The normalized spacial score (nSPS) is 10.4. The van der Waals surface area contributed by atoms with Crippen molar-refractivity contribution < 1.29 is 18.4 Å². The van der Waals surface area contributed by atoms with E-state index in [-0.39, 0.29) is 16.9 Å². The molecular formula is C26H18F2N2O2. The maximum atomic E-state index is 14.1. The smallest absolute Gasteiger partial charge is 0.261 e. The summed E-state index contributed by atoms with van der Waals surface area (Å²) in [5.41, 5.74) is 0.179. The average molecular weight is 428 g/mol. The second kappa shape index (κ2) is 9.22. The van der Waals surface area contributed by atoms with Crippen molar-refractivity contribution in [2.24, 2.45) is 0 Å². The molecule has 0 heterocycles. The molecule has 32 heavy (non-hydrogen) atoms. The van der Waals surface area contributed by atoms with E-state index in [0.717, 1.165) is 10.8 Å². The fraction of sp³-hybridized carbons (Fsp3) is 0. The molecule has 0 aliphatic rings. The number of carbonyl (C=O) groups is 2. The van der Waals surface area contributed by atoms with Gasteiger partial charge in [0.1, 0.15) is 17.2 Å². The van der Waals surface area contributed by atoms with Crippen molar-refractivity contribution >= 4 is 40.0 Å². The average Bonchev–Trinajstić information content (AvgIpc) is 2.80. The van der Waals surface area contributed by atoms with Crippen molar-refractivity contribution in [3.63, 3.8) is 0 Å². The Bertz CT molecular complexity index is 1280. The number of rotatable bonds is 5. The summed E-state index contributed by atoms with van der Waals surface area (Å²) in [6.07, 6.45) is 1.41. The van der Waals surface area contributed by atoms with Gasteiger partial charge < -0.3 is 10.6 Å². The predicted octanol–water partition coefficient (Wildman–Crippen LogP) is 5.78. The number of hydrogen-bond donors (Lipinski definition) is 2. The molecule has 0 aliphatic heterocycles. The molecular weight excluding hydrogens is 410 g/mol. The van der Waals surface area contributed by atoms with Crippen LogP contribution in [0, 0.1) is 11.6 Å². The van der Waals surface area contributed by atoms with E-state index >= 15 is 0 Å². The maximum Gasteiger partial charge on any atom is 0.261 e. The summed E-state index contributed by atoms with van der Waals surface area (Å²) in [5, 5.41) is 6.59. The third-order valence-electron chi connectivity index (χ3n) is 4.86. The van der Waals surface area contributed by atoms with Crippen molar-refractivity contribution in [3.8, 4) is 0 Å². The zero-order chi connectivity index (χ0) is 22.5. The van der Waals surface area contributed by atoms with Crippen molar-refractivity contribution in [1.29, 1.82) is 0 Å². The highest BCUT2D eigenvalue weighted by molar-refractivity contribution is 6.29. The molecule has 0 unspecified atom stereocenters. The summed E-state index contributed by atoms with van der Waals surface area (Å²) >= 11 is 0. The van der Waals surface area contributed by atoms with Crippen LogP contribution in [0.2, 0.25) is 0 Å². The van der Waals surface area contributed by atoms with Crippen LogP contribution in [0.4, 0.5) is 20.2 Å². The van der Waals surface area contributed by atoms with Crippen molar-refractivity contribution in [3.05, 3.63) is 114 Å². The minimum Gasteiger partial charge on any atom is -0.319 e. The Hall–Kier alpha value is -4.32. The minimum absolute atomic E-state index is 0.0694. The number of fused-ring (bicyclic) bond motifs is 1. The van der Waals surface area contributed by atoms with E-state index in [9.17, 15) is 18.4 Å². The van der Waals surface area contributed by atoms with Gasteiger partial charge in [0.15, 0.2) is 0 Å². The second-order valence-corrected chi connectivity index (χ2v) is 6.99. The van der Waals surface area contributed by atoms with Crippen LogP contribution in [0.5, 0.6) is 0 Å². The van der Waals surface area contributed by atoms with Gasteiger partial charge in [0.05, 0.1) is 11.4 Å². The molecule has 4 aromatic rings. The molecule has 0 aromatic heterocycles. The highest BCUT2D eigenvalue weighted by Crippen LogP contribution is 2.23. The standard InChI is InChI=1S/C26H18F2N2O2/c27-21-12-3-5-14-23(21)29-25(31)20(26(32)30-24-15-6-4-13-22(24)28)16-18-10-7-9-17-8-1-2-11-19(17)18/h1-16H,(H,29,31)(H,30,32). The molecule has 4 aromatic carbocycles. The Balaban J connectivity index is 1.76. The molecule has 0 atom stereocenters. The van der Waals surface area contributed by atoms with E-state index in [0.29, 0.717) is 5.56 Å². The fourth-order valence-electron chi connectivity index (χ4n) is 3.27. The van der Waals surface area contributed by atoms with Crippen LogP contribution < -0.4 is 10.6 Å². The van der Waals surface area contributed by atoms with E-state index in [1.54, 1.807) is 24.3 Å². The van der Waals surface area contributed by atoms with Crippen LogP contribution in [0.3, 0.4) is 0 Å². The summed E-state index contributed by atoms with van der Waals surface area (Å²) in [5.74, 6) is -2.92. The molecule has 2 N–H and O–H groups in total. The Kier molecular flexibility index (Phi) is 6.03. The van der Waals surface area contributed by atoms with Crippen LogP contribution in [0.1, 0.15) is 5.56 Å².